The van der Waals surface area contributed by atoms with Gasteiger partial charge in [-0.2, -0.15) is 0 Å². The number of rotatable bonds is 6. The summed E-state index contributed by atoms with van der Waals surface area (Å²) in [6.07, 6.45) is 1.67. The minimum absolute atomic E-state index is 0.230. The van der Waals surface area contributed by atoms with E-state index in [9.17, 15) is 4.79 Å². The predicted octanol–water partition coefficient (Wildman–Crippen LogP) is 1.87. The van der Waals surface area contributed by atoms with Gasteiger partial charge >= 0.3 is 5.97 Å². The molecular formula is C10H21NO2. The van der Waals surface area contributed by atoms with Crippen LogP contribution >= 0.6 is 0 Å². The molecule has 1 atom stereocenters. The van der Waals surface area contributed by atoms with Crippen LogP contribution < -0.4 is 5.32 Å². The van der Waals surface area contributed by atoms with Gasteiger partial charge in [0.15, 0.2) is 0 Å². The van der Waals surface area contributed by atoms with Crippen molar-refractivity contribution in [1.29, 1.82) is 0 Å². The van der Waals surface area contributed by atoms with E-state index in [2.05, 4.69) is 19.2 Å². The fourth-order valence-corrected chi connectivity index (χ4v) is 1.18. The molecule has 0 aromatic heterocycles. The van der Waals surface area contributed by atoms with Crippen molar-refractivity contribution in [2.75, 3.05) is 0 Å². The summed E-state index contributed by atoms with van der Waals surface area (Å²) in [4.78, 5) is 10.8. The van der Waals surface area contributed by atoms with Gasteiger partial charge in [-0.25, -0.2) is 0 Å². The molecule has 0 heterocycles. The van der Waals surface area contributed by atoms with Crippen LogP contribution in [0.25, 0.3) is 0 Å². The van der Waals surface area contributed by atoms with Gasteiger partial charge in [-0.1, -0.05) is 27.7 Å². The normalized spacial score (nSPS) is 13.7. The van der Waals surface area contributed by atoms with E-state index in [0.717, 1.165) is 6.42 Å². The van der Waals surface area contributed by atoms with E-state index >= 15 is 0 Å². The van der Waals surface area contributed by atoms with Crippen LogP contribution in [0, 0.1) is 5.92 Å². The van der Waals surface area contributed by atoms with Crippen LogP contribution in [0.1, 0.15) is 40.5 Å². The van der Waals surface area contributed by atoms with Crippen LogP contribution in [0.2, 0.25) is 0 Å². The lowest BCUT2D eigenvalue weighted by Crippen LogP contribution is -2.40. The van der Waals surface area contributed by atoms with Crippen molar-refractivity contribution in [2.45, 2.75) is 52.6 Å². The molecule has 13 heavy (non-hydrogen) atoms. The average Bonchev–Trinajstić information content (AvgIpc) is 1.96. The molecule has 0 aliphatic heterocycles. The third-order valence-electron chi connectivity index (χ3n) is 1.87. The summed E-state index contributed by atoms with van der Waals surface area (Å²) in [6, 6.07) is -0.157. The number of carboxylic acid groups (broad SMARTS) is 1. The van der Waals surface area contributed by atoms with E-state index in [1.807, 2.05) is 13.8 Å². The number of aliphatic carboxylic acids is 1. The van der Waals surface area contributed by atoms with Gasteiger partial charge in [-0.3, -0.25) is 4.79 Å². The molecule has 2 N–H and O–H groups in total. The molecule has 0 bridgehead atoms. The van der Waals surface area contributed by atoms with Gasteiger partial charge in [0.2, 0.25) is 0 Å². The van der Waals surface area contributed by atoms with Gasteiger partial charge in [0.1, 0.15) is 6.04 Å². The van der Waals surface area contributed by atoms with Crippen LogP contribution in [0.5, 0.6) is 0 Å². The molecule has 3 heteroatoms. The zero-order chi connectivity index (χ0) is 10.4. The Morgan fingerprint density at radius 2 is 1.77 bits per heavy atom. The van der Waals surface area contributed by atoms with Gasteiger partial charge in [0, 0.05) is 6.04 Å². The van der Waals surface area contributed by atoms with Crippen LogP contribution in [-0.4, -0.2) is 23.2 Å². The third kappa shape index (κ3) is 6.58. The molecule has 0 fully saturated rings. The third-order valence-corrected chi connectivity index (χ3v) is 1.87. The lowest BCUT2D eigenvalue weighted by atomic mass is 10.0. The standard InChI is InChI=1S/C10H21NO2/c1-7(2)5-6-9(10(12)13)11-8(3)4/h7-9,11H,5-6H2,1-4H3,(H,12,13). The molecule has 0 saturated carbocycles. The van der Waals surface area contributed by atoms with Crippen molar-refractivity contribution in [2.24, 2.45) is 5.92 Å². The fraction of sp³-hybridized carbons (Fsp3) is 0.900. The van der Waals surface area contributed by atoms with Crippen molar-refractivity contribution in [3.8, 4) is 0 Å². The number of carbonyl (C=O) groups is 1. The first-order valence-corrected chi connectivity index (χ1v) is 4.92. The topological polar surface area (TPSA) is 49.3 Å². The minimum Gasteiger partial charge on any atom is -0.480 e. The summed E-state index contributed by atoms with van der Waals surface area (Å²) in [6.45, 7) is 8.14. The smallest absolute Gasteiger partial charge is 0.320 e. The molecule has 0 rings (SSSR count). The van der Waals surface area contributed by atoms with Gasteiger partial charge in [-0.05, 0) is 18.8 Å². The van der Waals surface area contributed by atoms with Gasteiger partial charge in [0.25, 0.3) is 0 Å². The van der Waals surface area contributed by atoms with E-state index in [1.54, 1.807) is 0 Å². The molecule has 0 aliphatic rings. The zero-order valence-corrected chi connectivity index (χ0v) is 9.00. The fourth-order valence-electron chi connectivity index (χ4n) is 1.18. The first-order valence-electron chi connectivity index (χ1n) is 4.92. The molecular weight excluding hydrogens is 166 g/mol. The Morgan fingerprint density at radius 3 is 2.08 bits per heavy atom. The summed E-state index contributed by atoms with van der Waals surface area (Å²) >= 11 is 0. The minimum atomic E-state index is -0.741. The van der Waals surface area contributed by atoms with E-state index in [4.69, 9.17) is 5.11 Å². The Labute approximate surface area is 80.5 Å². The van der Waals surface area contributed by atoms with Crippen molar-refractivity contribution in [3.05, 3.63) is 0 Å². The number of hydrogen-bond donors (Lipinski definition) is 2. The SMILES string of the molecule is CC(C)CCC(NC(C)C)C(=O)O. The Kier molecular flexibility index (Phi) is 5.71. The van der Waals surface area contributed by atoms with Gasteiger partial charge in [0.05, 0.1) is 0 Å². The van der Waals surface area contributed by atoms with Crippen molar-refractivity contribution in [3.63, 3.8) is 0 Å². The second-order valence-corrected chi connectivity index (χ2v) is 4.18. The van der Waals surface area contributed by atoms with E-state index in [0.29, 0.717) is 12.3 Å². The molecule has 0 amide bonds. The predicted molar refractivity (Wildman–Crippen MR) is 53.8 cm³/mol. The maximum absolute atomic E-state index is 10.8. The maximum Gasteiger partial charge on any atom is 0.320 e. The highest BCUT2D eigenvalue weighted by Gasteiger charge is 2.17. The molecule has 0 aromatic carbocycles. The Bertz CT molecular complexity index is 155. The monoisotopic (exact) mass is 187 g/mol. The zero-order valence-electron chi connectivity index (χ0n) is 9.00. The first kappa shape index (κ1) is 12.4. The lowest BCUT2D eigenvalue weighted by Gasteiger charge is -2.17. The van der Waals surface area contributed by atoms with Crippen LogP contribution in [0.15, 0.2) is 0 Å². The van der Waals surface area contributed by atoms with Crippen LogP contribution in [0.3, 0.4) is 0 Å². The van der Waals surface area contributed by atoms with Crippen molar-refractivity contribution >= 4 is 5.97 Å². The molecule has 0 aliphatic carbocycles. The number of carboxylic acids is 1. The van der Waals surface area contributed by atoms with Crippen molar-refractivity contribution < 1.29 is 9.90 Å². The molecule has 0 saturated heterocycles. The van der Waals surface area contributed by atoms with Crippen LogP contribution in [-0.2, 0) is 4.79 Å². The summed E-state index contributed by atoms with van der Waals surface area (Å²) in [7, 11) is 0. The van der Waals surface area contributed by atoms with Gasteiger partial charge in [-0.15, -0.1) is 0 Å². The largest absolute Gasteiger partial charge is 0.480 e. The second-order valence-electron chi connectivity index (χ2n) is 4.18. The second kappa shape index (κ2) is 5.97. The van der Waals surface area contributed by atoms with E-state index in [-0.39, 0.29) is 12.1 Å². The Morgan fingerprint density at radius 1 is 1.23 bits per heavy atom. The summed E-state index contributed by atoms with van der Waals surface area (Å²) in [5.41, 5.74) is 0. The molecule has 3 nitrogen and oxygen atoms in total. The molecule has 1 unspecified atom stereocenters. The highest BCUT2D eigenvalue weighted by Crippen LogP contribution is 2.07. The molecule has 78 valence electrons. The maximum atomic E-state index is 10.8. The number of nitrogens with one attached hydrogen (secondary N) is 1. The highest BCUT2D eigenvalue weighted by molar-refractivity contribution is 5.73. The molecule has 0 spiro atoms. The summed E-state index contributed by atoms with van der Waals surface area (Å²) in [5, 5.41) is 11.9. The summed E-state index contributed by atoms with van der Waals surface area (Å²) in [5.74, 6) is -0.176. The average molecular weight is 187 g/mol. The van der Waals surface area contributed by atoms with Gasteiger partial charge < -0.3 is 10.4 Å². The number of hydrogen-bond acceptors (Lipinski definition) is 2. The quantitative estimate of drug-likeness (QED) is 0.667. The lowest BCUT2D eigenvalue weighted by molar-refractivity contribution is -0.139. The van der Waals surface area contributed by atoms with E-state index < -0.39 is 5.97 Å². The first-order chi connectivity index (χ1) is 5.93. The molecule has 0 aromatic rings. The van der Waals surface area contributed by atoms with E-state index in [1.165, 1.54) is 0 Å². The van der Waals surface area contributed by atoms with Crippen molar-refractivity contribution in [1.82, 2.24) is 5.32 Å². The molecule has 0 radical (unpaired) electrons. The van der Waals surface area contributed by atoms with Crippen LogP contribution in [0.4, 0.5) is 0 Å². The Balaban J connectivity index is 3.88. The summed E-state index contributed by atoms with van der Waals surface area (Å²) < 4.78 is 0. The highest BCUT2D eigenvalue weighted by atomic mass is 16.4. The Hall–Kier alpha value is -0.570.